The molecule has 2 saturated carbocycles. The maximum absolute atomic E-state index is 6.60. The maximum atomic E-state index is 6.60. The van der Waals surface area contributed by atoms with Gasteiger partial charge in [-0.25, -0.2) is 0 Å². The molecule has 0 aromatic carbocycles. The molecular weight excluding hydrogens is 266 g/mol. The number of alkyl halides is 1. The van der Waals surface area contributed by atoms with Gasteiger partial charge in [-0.3, -0.25) is 0 Å². The highest BCUT2D eigenvalue weighted by Crippen LogP contribution is 2.50. The smallest absolute Gasteiger partial charge is 0.0353 e. The highest BCUT2D eigenvalue weighted by atomic mass is 35.5. The molecule has 2 fully saturated rings. The summed E-state index contributed by atoms with van der Waals surface area (Å²) in [7, 11) is 0. The van der Waals surface area contributed by atoms with E-state index < -0.39 is 0 Å². The second-order valence-corrected chi connectivity index (χ2v) is 8.38. The van der Waals surface area contributed by atoms with E-state index in [2.05, 4.69) is 33.0 Å². The van der Waals surface area contributed by atoms with E-state index in [9.17, 15) is 0 Å². The Morgan fingerprint density at radius 1 is 1.20 bits per heavy atom. The molecule has 0 aromatic rings. The molecule has 2 rings (SSSR count). The summed E-state index contributed by atoms with van der Waals surface area (Å²) in [5.74, 6) is 2.36. The van der Waals surface area contributed by atoms with Gasteiger partial charge in [-0.05, 0) is 55.4 Å². The van der Waals surface area contributed by atoms with Crippen molar-refractivity contribution in [1.29, 1.82) is 0 Å². The third-order valence-corrected chi connectivity index (χ3v) is 6.91. The number of halogens is 1. The minimum absolute atomic E-state index is 0.370. The van der Waals surface area contributed by atoms with Crippen LogP contribution in [0.2, 0.25) is 0 Å². The van der Waals surface area contributed by atoms with E-state index in [0.29, 0.717) is 16.8 Å². The predicted molar refractivity (Wildman–Crippen MR) is 89.3 cm³/mol. The SMILES string of the molecule is CCNC1CC(Cl)CC(C(C)C2(C)CCCCC2)C1C. The van der Waals surface area contributed by atoms with Gasteiger partial charge in [-0.2, -0.15) is 0 Å². The van der Waals surface area contributed by atoms with Crippen LogP contribution in [-0.2, 0) is 0 Å². The first kappa shape index (κ1) is 16.6. The Morgan fingerprint density at radius 3 is 2.45 bits per heavy atom. The molecule has 0 bridgehead atoms. The van der Waals surface area contributed by atoms with Crippen LogP contribution in [0.1, 0.15) is 72.6 Å². The van der Waals surface area contributed by atoms with Gasteiger partial charge in [0, 0.05) is 11.4 Å². The van der Waals surface area contributed by atoms with Gasteiger partial charge < -0.3 is 5.32 Å². The molecule has 1 nitrogen and oxygen atoms in total. The van der Waals surface area contributed by atoms with Gasteiger partial charge in [0.2, 0.25) is 0 Å². The van der Waals surface area contributed by atoms with Crippen molar-refractivity contribution in [2.75, 3.05) is 6.54 Å². The number of rotatable bonds is 4. The van der Waals surface area contributed by atoms with Crippen LogP contribution in [-0.4, -0.2) is 18.0 Å². The quantitative estimate of drug-likeness (QED) is 0.701. The highest BCUT2D eigenvalue weighted by Gasteiger charge is 2.43. The zero-order valence-corrected chi connectivity index (χ0v) is 14.7. The largest absolute Gasteiger partial charge is 0.314 e. The fraction of sp³-hybridized carbons (Fsp3) is 1.00. The first-order valence-electron chi connectivity index (χ1n) is 8.85. The summed E-state index contributed by atoms with van der Waals surface area (Å²) in [6.07, 6.45) is 9.54. The van der Waals surface area contributed by atoms with Gasteiger partial charge in [-0.15, -0.1) is 11.6 Å². The molecule has 5 atom stereocenters. The Hall–Kier alpha value is 0.250. The Bertz CT molecular complexity index is 298. The van der Waals surface area contributed by atoms with Crippen molar-refractivity contribution >= 4 is 11.6 Å². The van der Waals surface area contributed by atoms with E-state index in [1.807, 2.05) is 0 Å². The van der Waals surface area contributed by atoms with Crippen molar-refractivity contribution in [3.63, 3.8) is 0 Å². The summed E-state index contributed by atoms with van der Waals surface area (Å²) >= 11 is 6.60. The zero-order chi connectivity index (χ0) is 14.8. The summed E-state index contributed by atoms with van der Waals surface area (Å²) in [6, 6.07) is 0.621. The van der Waals surface area contributed by atoms with Crippen LogP contribution >= 0.6 is 11.6 Å². The highest BCUT2D eigenvalue weighted by molar-refractivity contribution is 6.20. The van der Waals surface area contributed by atoms with E-state index in [1.54, 1.807) is 0 Å². The predicted octanol–water partition coefficient (Wildman–Crippen LogP) is 5.22. The first-order valence-corrected chi connectivity index (χ1v) is 9.29. The van der Waals surface area contributed by atoms with Gasteiger partial charge in [0.15, 0.2) is 0 Å². The number of hydrogen-bond donors (Lipinski definition) is 1. The van der Waals surface area contributed by atoms with Crippen LogP contribution in [0.15, 0.2) is 0 Å². The van der Waals surface area contributed by atoms with E-state index in [4.69, 9.17) is 11.6 Å². The van der Waals surface area contributed by atoms with E-state index in [1.165, 1.54) is 38.5 Å². The van der Waals surface area contributed by atoms with Crippen molar-refractivity contribution in [3.8, 4) is 0 Å². The molecule has 0 aliphatic heterocycles. The summed E-state index contributed by atoms with van der Waals surface area (Å²) in [5.41, 5.74) is 0.557. The Morgan fingerprint density at radius 2 is 1.85 bits per heavy atom. The summed E-state index contributed by atoms with van der Waals surface area (Å²) in [6.45, 7) is 10.8. The van der Waals surface area contributed by atoms with Crippen LogP contribution in [0.25, 0.3) is 0 Å². The number of hydrogen-bond acceptors (Lipinski definition) is 1. The van der Waals surface area contributed by atoms with E-state index in [-0.39, 0.29) is 0 Å². The van der Waals surface area contributed by atoms with Crippen molar-refractivity contribution in [2.24, 2.45) is 23.2 Å². The minimum atomic E-state index is 0.370. The van der Waals surface area contributed by atoms with Crippen molar-refractivity contribution in [2.45, 2.75) is 84.1 Å². The third-order valence-electron chi connectivity index (χ3n) is 6.55. The fourth-order valence-corrected chi connectivity index (χ4v) is 5.31. The van der Waals surface area contributed by atoms with Gasteiger partial charge in [0.1, 0.15) is 0 Å². The molecule has 2 aliphatic carbocycles. The fourth-order valence-electron chi connectivity index (χ4n) is 4.92. The van der Waals surface area contributed by atoms with E-state index in [0.717, 1.165) is 30.7 Å². The van der Waals surface area contributed by atoms with E-state index >= 15 is 0 Å². The van der Waals surface area contributed by atoms with Crippen LogP contribution in [0.3, 0.4) is 0 Å². The molecule has 20 heavy (non-hydrogen) atoms. The Balaban J connectivity index is 2.08. The average molecular weight is 300 g/mol. The van der Waals surface area contributed by atoms with Crippen LogP contribution in [0.5, 0.6) is 0 Å². The minimum Gasteiger partial charge on any atom is -0.314 e. The molecule has 0 amide bonds. The third kappa shape index (κ3) is 3.53. The molecule has 0 aromatic heterocycles. The van der Waals surface area contributed by atoms with Crippen LogP contribution in [0, 0.1) is 23.2 Å². The molecule has 1 N–H and O–H groups in total. The maximum Gasteiger partial charge on any atom is 0.0353 e. The second kappa shape index (κ2) is 7.01. The zero-order valence-electron chi connectivity index (χ0n) is 13.9. The molecule has 0 heterocycles. The lowest BCUT2D eigenvalue weighted by atomic mass is 9.58. The normalized spacial score (nSPS) is 39.5. The summed E-state index contributed by atoms with van der Waals surface area (Å²) in [5, 5.41) is 4.05. The van der Waals surface area contributed by atoms with Crippen molar-refractivity contribution in [1.82, 2.24) is 5.32 Å². The molecule has 0 saturated heterocycles. The standard InChI is InChI=1S/C18H34ClN/c1-5-20-17-12-15(19)11-16(13(17)2)14(3)18(4)9-7-6-8-10-18/h13-17,20H,5-12H2,1-4H3. The van der Waals surface area contributed by atoms with Crippen molar-refractivity contribution in [3.05, 3.63) is 0 Å². The molecular formula is C18H34ClN. The molecule has 118 valence electrons. The lowest BCUT2D eigenvalue weighted by Gasteiger charge is -2.49. The average Bonchev–Trinajstić information content (AvgIpc) is 2.43. The lowest BCUT2D eigenvalue weighted by Crippen LogP contribution is -2.48. The van der Waals surface area contributed by atoms with Gasteiger partial charge >= 0.3 is 0 Å². The van der Waals surface area contributed by atoms with Crippen molar-refractivity contribution < 1.29 is 0 Å². The van der Waals surface area contributed by atoms with Gasteiger partial charge in [-0.1, -0.05) is 47.0 Å². The molecule has 2 aliphatic rings. The molecule has 5 unspecified atom stereocenters. The Kier molecular flexibility index (Phi) is 5.82. The molecule has 0 spiro atoms. The first-order chi connectivity index (χ1) is 9.48. The monoisotopic (exact) mass is 299 g/mol. The van der Waals surface area contributed by atoms with Crippen LogP contribution in [0.4, 0.5) is 0 Å². The number of nitrogens with one attached hydrogen (secondary N) is 1. The summed E-state index contributed by atoms with van der Waals surface area (Å²) < 4.78 is 0. The second-order valence-electron chi connectivity index (χ2n) is 7.76. The van der Waals surface area contributed by atoms with Crippen LogP contribution < -0.4 is 5.32 Å². The molecule has 0 radical (unpaired) electrons. The molecule has 2 heteroatoms. The Labute approximate surface area is 131 Å². The topological polar surface area (TPSA) is 12.0 Å². The lowest BCUT2D eigenvalue weighted by molar-refractivity contribution is 0.0320. The summed E-state index contributed by atoms with van der Waals surface area (Å²) in [4.78, 5) is 0. The van der Waals surface area contributed by atoms with Gasteiger partial charge in [0.05, 0.1) is 0 Å². The van der Waals surface area contributed by atoms with Gasteiger partial charge in [0.25, 0.3) is 0 Å².